The lowest BCUT2D eigenvalue weighted by atomic mass is 10.2. The minimum absolute atomic E-state index is 0.287. The summed E-state index contributed by atoms with van der Waals surface area (Å²) in [5.74, 6) is 0.984. The van der Waals surface area contributed by atoms with Crippen molar-refractivity contribution in [3.05, 3.63) is 70.3 Å². The van der Waals surface area contributed by atoms with Crippen molar-refractivity contribution >= 4 is 5.95 Å². The maximum Gasteiger partial charge on any atom is 0.274 e. The van der Waals surface area contributed by atoms with E-state index in [-0.39, 0.29) is 5.56 Å². The molecule has 0 bridgehead atoms. The molecule has 3 aromatic heterocycles. The highest BCUT2D eigenvalue weighted by atomic mass is 16.3. The summed E-state index contributed by atoms with van der Waals surface area (Å²) in [4.78, 5) is 18.7. The van der Waals surface area contributed by atoms with Gasteiger partial charge in [0.15, 0.2) is 0 Å². The Bertz CT molecular complexity index is 753. The van der Waals surface area contributed by atoms with Gasteiger partial charge < -0.3 is 9.73 Å². The average Bonchev–Trinajstić information content (AvgIpc) is 3.02. The van der Waals surface area contributed by atoms with Crippen LogP contribution in [0.25, 0.3) is 0 Å². The van der Waals surface area contributed by atoms with Gasteiger partial charge in [-0.1, -0.05) is 6.07 Å². The van der Waals surface area contributed by atoms with Crippen molar-refractivity contribution in [1.29, 1.82) is 0 Å². The topological polar surface area (TPSA) is 96.7 Å². The van der Waals surface area contributed by atoms with Crippen LogP contribution in [-0.4, -0.2) is 20.2 Å². The molecule has 0 aliphatic rings. The molecule has 3 aromatic rings. The molecule has 7 nitrogen and oxygen atoms in total. The van der Waals surface area contributed by atoms with Crippen LogP contribution in [0.4, 0.5) is 5.95 Å². The first-order valence-electron chi connectivity index (χ1n) is 6.43. The second-order valence-corrected chi connectivity index (χ2v) is 4.38. The minimum Gasteiger partial charge on any atom is -0.469 e. The predicted molar refractivity (Wildman–Crippen MR) is 75.7 cm³/mol. The van der Waals surface area contributed by atoms with Crippen LogP contribution in [0.2, 0.25) is 0 Å². The van der Waals surface area contributed by atoms with Gasteiger partial charge in [-0.3, -0.25) is 14.8 Å². The smallest absolute Gasteiger partial charge is 0.274 e. The largest absolute Gasteiger partial charge is 0.469 e. The first-order valence-corrected chi connectivity index (χ1v) is 6.43. The number of hydrogen-bond acceptors (Lipinski definition) is 6. The quantitative estimate of drug-likeness (QED) is 0.733. The van der Waals surface area contributed by atoms with Crippen molar-refractivity contribution in [1.82, 2.24) is 20.2 Å². The highest BCUT2D eigenvalue weighted by Gasteiger charge is 2.07. The third-order valence-electron chi connectivity index (χ3n) is 2.85. The van der Waals surface area contributed by atoms with Gasteiger partial charge in [0.25, 0.3) is 5.56 Å². The van der Waals surface area contributed by atoms with E-state index in [0.29, 0.717) is 30.4 Å². The number of aromatic amines is 1. The molecule has 0 saturated heterocycles. The van der Waals surface area contributed by atoms with Gasteiger partial charge in [0.1, 0.15) is 11.5 Å². The van der Waals surface area contributed by atoms with Crippen LogP contribution in [0.3, 0.4) is 0 Å². The van der Waals surface area contributed by atoms with Crippen LogP contribution in [-0.2, 0) is 13.0 Å². The Kier molecular flexibility index (Phi) is 3.72. The molecule has 106 valence electrons. The Balaban J connectivity index is 1.68. The van der Waals surface area contributed by atoms with E-state index in [0.717, 1.165) is 5.69 Å². The molecule has 2 N–H and O–H groups in total. The SMILES string of the molecule is O=c1[nH]c(NCc2ccccn2)nnc1Cc1ccco1. The molecule has 0 aliphatic carbocycles. The lowest BCUT2D eigenvalue weighted by Crippen LogP contribution is -2.19. The molecular formula is C14H13N5O2. The lowest BCUT2D eigenvalue weighted by molar-refractivity contribution is 0.517. The third kappa shape index (κ3) is 3.33. The van der Waals surface area contributed by atoms with Gasteiger partial charge in [-0.25, -0.2) is 0 Å². The van der Waals surface area contributed by atoms with Crippen LogP contribution >= 0.6 is 0 Å². The molecule has 0 radical (unpaired) electrons. The summed E-state index contributed by atoms with van der Waals surface area (Å²) in [5, 5.41) is 10.9. The fraction of sp³-hybridized carbons (Fsp3) is 0.143. The molecule has 0 saturated carbocycles. The van der Waals surface area contributed by atoms with E-state index in [1.807, 2.05) is 18.2 Å². The zero-order valence-electron chi connectivity index (χ0n) is 11.1. The Morgan fingerprint density at radius 2 is 2.14 bits per heavy atom. The van der Waals surface area contributed by atoms with Gasteiger partial charge in [-0.2, -0.15) is 0 Å². The van der Waals surface area contributed by atoms with E-state index in [4.69, 9.17) is 4.42 Å². The van der Waals surface area contributed by atoms with Crippen LogP contribution in [0.1, 0.15) is 17.1 Å². The second-order valence-electron chi connectivity index (χ2n) is 4.38. The zero-order valence-corrected chi connectivity index (χ0v) is 11.1. The first kappa shape index (κ1) is 13.0. The zero-order chi connectivity index (χ0) is 14.5. The average molecular weight is 283 g/mol. The van der Waals surface area contributed by atoms with Crippen molar-refractivity contribution < 1.29 is 4.42 Å². The predicted octanol–water partition coefficient (Wildman–Crippen LogP) is 1.36. The number of nitrogens with one attached hydrogen (secondary N) is 2. The number of rotatable bonds is 5. The van der Waals surface area contributed by atoms with Crippen molar-refractivity contribution in [2.75, 3.05) is 5.32 Å². The highest BCUT2D eigenvalue weighted by Crippen LogP contribution is 2.04. The molecular weight excluding hydrogens is 270 g/mol. The Hall–Kier alpha value is -2.96. The van der Waals surface area contributed by atoms with E-state index in [1.165, 1.54) is 0 Å². The van der Waals surface area contributed by atoms with Gasteiger partial charge in [0.2, 0.25) is 5.95 Å². The van der Waals surface area contributed by atoms with E-state index >= 15 is 0 Å². The maximum atomic E-state index is 11.9. The monoisotopic (exact) mass is 283 g/mol. The number of hydrogen-bond donors (Lipinski definition) is 2. The summed E-state index contributed by atoms with van der Waals surface area (Å²) in [6, 6.07) is 9.16. The first-order chi connectivity index (χ1) is 10.3. The summed E-state index contributed by atoms with van der Waals surface area (Å²) < 4.78 is 5.18. The summed E-state index contributed by atoms with van der Waals surface area (Å²) >= 11 is 0. The van der Waals surface area contributed by atoms with Crippen LogP contribution in [0, 0.1) is 0 Å². The number of nitrogens with zero attached hydrogens (tertiary/aromatic N) is 3. The molecule has 0 unspecified atom stereocenters. The van der Waals surface area contributed by atoms with Crippen LogP contribution in [0.5, 0.6) is 0 Å². The molecule has 0 aromatic carbocycles. The molecule has 0 fully saturated rings. The van der Waals surface area contributed by atoms with E-state index < -0.39 is 0 Å². The number of aromatic nitrogens is 4. The number of pyridine rings is 1. The lowest BCUT2D eigenvalue weighted by Gasteiger charge is -2.04. The third-order valence-corrected chi connectivity index (χ3v) is 2.85. The summed E-state index contributed by atoms with van der Waals surface area (Å²) in [6.45, 7) is 0.461. The Morgan fingerprint density at radius 3 is 2.86 bits per heavy atom. The fourth-order valence-electron chi connectivity index (χ4n) is 1.81. The van der Waals surface area contributed by atoms with Crippen molar-refractivity contribution in [3.63, 3.8) is 0 Å². The normalized spacial score (nSPS) is 10.5. The molecule has 0 amide bonds. The van der Waals surface area contributed by atoms with E-state index in [1.54, 1.807) is 24.6 Å². The van der Waals surface area contributed by atoms with E-state index in [9.17, 15) is 4.79 Å². The Morgan fingerprint density at radius 1 is 1.19 bits per heavy atom. The molecule has 0 atom stereocenters. The number of anilines is 1. The Labute approximate surface area is 120 Å². The second kappa shape index (κ2) is 6.00. The van der Waals surface area contributed by atoms with Gasteiger partial charge in [0.05, 0.1) is 24.9 Å². The van der Waals surface area contributed by atoms with Gasteiger partial charge >= 0.3 is 0 Å². The van der Waals surface area contributed by atoms with Crippen molar-refractivity contribution in [3.8, 4) is 0 Å². The molecule has 0 aliphatic heterocycles. The molecule has 0 spiro atoms. The van der Waals surface area contributed by atoms with Gasteiger partial charge in [-0.15, -0.1) is 10.2 Å². The van der Waals surface area contributed by atoms with Crippen LogP contribution < -0.4 is 10.9 Å². The van der Waals surface area contributed by atoms with Crippen molar-refractivity contribution in [2.45, 2.75) is 13.0 Å². The summed E-state index contributed by atoms with van der Waals surface area (Å²) in [7, 11) is 0. The standard InChI is InChI=1S/C14H13N5O2/c20-13-12(8-11-5-3-7-21-11)18-19-14(17-13)16-9-10-4-1-2-6-15-10/h1-7H,8-9H2,(H2,16,17,19,20). The molecule has 7 heteroatoms. The maximum absolute atomic E-state index is 11.9. The van der Waals surface area contributed by atoms with Crippen molar-refractivity contribution in [2.24, 2.45) is 0 Å². The van der Waals surface area contributed by atoms with Crippen LogP contribution in [0.15, 0.2) is 52.0 Å². The number of furan rings is 1. The van der Waals surface area contributed by atoms with Gasteiger partial charge in [-0.05, 0) is 24.3 Å². The fourth-order valence-corrected chi connectivity index (χ4v) is 1.81. The molecule has 3 rings (SSSR count). The minimum atomic E-state index is -0.287. The molecule has 21 heavy (non-hydrogen) atoms. The van der Waals surface area contributed by atoms with E-state index in [2.05, 4.69) is 25.5 Å². The van der Waals surface area contributed by atoms with Gasteiger partial charge in [0, 0.05) is 6.20 Å². The molecule has 3 heterocycles. The highest BCUT2D eigenvalue weighted by molar-refractivity contribution is 5.24. The summed E-state index contributed by atoms with van der Waals surface area (Å²) in [5.41, 5.74) is 0.873. The summed E-state index contributed by atoms with van der Waals surface area (Å²) in [6.07, 6.45) is 3.58. The number of H-pyrrole nitrogens is 1.